The first-order valence-corrected chi connectivity index (χ1v) is 2.87. The molecule has 0 bridgehead atoms. The normalized spacial score (nSPS) is 9.20. The summed E-state index contributed by atoms with van der Waals surface area (Å²) >= 11 is 0. The lowest BCUT2D eigenvalue weighted by atomic mass is 10.3. The van der Waals surface area contributed by atoms with Crippen LogP contribution in [-0.2, 0) is 6.42 Å². The summed E-state index contributed by atoms with van der Waals surface area (Å²) in [6.45, 7) is 3.51. The maximum atomic E-state index is 10.5. The highest BCUT2D eigenvalue weighted by Crippen LogP contribution is 1.89. The van der Waals surface area contributed by atoms with Gasteiger partial charge in [-0.2, -0.15) is 0 Å². The summed E-state index contributed by atoms with van der Waals surface area (Å²) in [6, 6.07) is 1.35. The van der Waals surface area contributed by atoms with E-state index in [1.165, 1.54) is 6.07 Å². The molecule has 3 heteroatoms. The van der Waals surface area contributed by atoms with Gasteiger partial charge in [0, 0.05) is 12.5 Å². The van der Waals surface area contributed by atoms with E-state index in [4.69, 9.17) is 0 Å². The standard InChI is InChI=1S/C7H7NO2/c1-2-3-6-4-7(9)10-5-8-6/h2,4-5H,1,3H2. The Morgan fingerprint density at radius 1 is 1.80 bits per heavy atom. The SMILES string of the molecule is C=CCc1cc(=O)ocn1. The summed E-state index contributed by atoms with van der Waals surface area (Å²) < 4.78 is 4.41. The quantitative estimate of drug-likeness (QED) is 0.565. The monoisotopic (exact) mass is 137 g/mol. The van der Waals surface area contributed by atoms with Gasteiger partial charge in [0.1, 0.15) is 0 Å². The molecule has 0 aliphatic carbocycles. The van der Waals surface area contributed by atoms with Crippen LogP contribution in [0.25, 0.3) is 0 Å². The maximum absolute atomic E-state index is 10.5. The average molecular weight is 137 g/mol. The van der Waals surface area contributed by atoms with Gasteiger partial charge < -0.3 is 4.42 Å². The van der Waals surface area contributed by atoms with Crippen molar-refractivity contribution >= 4 is 0 Å². The van der Waals surface area contributed by atoms with E-state index in [-0.39, 0.29) is 5.63 Å². The predicted molar refractivity (Wildman–Crippen MR) is 36.7 cm³/mol. The molecular formula is C7H7NO2. The first kappa shape index (κ1) is 6.74. The molecule has 0 aromatic carbocycles. The molecule has 1 heterocycles. The van der Waals surface area contributed by atoms with Gasteiger partial charge in [-0.05, 0) is 0 Å². The molecule has 1 rings (SSSR count). The minimum Gasteiger partial charge on any atom is -0.411 e. The zero-order valence-electron chi connectivity index (χ0n) is 5.41. The Morgan fingerprint density at radius 2 is 2.60 bits per heavy atom. The summed E-state index contributed by atoms with van der Waals surface area (Å²) in [7, 11) is 0. The number of nitrogens with zero attached hydrogens (tertiary/aromatic N) is 1. The van der Waals surface area contributed by atoms with E-state index in [1.807, 2.05) is 0 Å². The fourth-order valence-electron chi connectivity index (χ4n) is 0.613. The van der Waals surface area contributed by atoms with E-state index in [0.717, 1.165) is 6.39 Å². The van der Waals surface area contributed by atoms with Crippen molar-refractivity contribution < 1.29 is 4.42 Å². The minimum atomic E-state index is -0.369. The van der Waals surface area contributed by atoms with Gasteiger partial charge in [-0.15, -0.1) is 6.58 Å². The third kappa shape index (κ3) is 1.55. The highest BCUT2D eigenvalue weighted by atomic mass is 16.4. The topological polar surface area (TPSA) is 43.1 Å². The molecule has 0 radical (unpaired) electrons. The Bertz CT molecular complexity index is 277. The molecular weight excluding hydrogens is 130 g/mol. The molecule has 1 aromatic heterocycles. The van der Waals surface area contributed by atoms with Crippen molar-refractivity contribution in [2.24, 2.45) is 0 Å². The molecule has 0 amide bonds. The van der Waals surface area contributed by atoms with E-state index < -0.39 is 0 Å². The predicted octanol–water partition coefficient (Wildman–Crippen LogP) is 0.763. The number of hydrogen-bond donors (Lipinski definition) is 0. The van der Waals surface area contributed by atoms with Crippen molar-refractivity contribution in [1.82, 2.24) is 4.98 Å². The molecule has 0 fully saturated rings. The molecule has 1 aromatic rings. The molecule has 0 N–H and O–H groups in total. The minimum absolute atomic E-state index is 0.369. The van der Waals surface area contributed by atoms with Gasteiger partial charge >= 0.3 is 5.63 Å². The molecule has 10 heavy (non-hydrogen) atoms. The van der Waals surface area contributed by atoms with Crippen molar-refractivity contribution in [2.45, 2.75) is 6.42 Å². The molecule has 0 saturated heterocycles. The van der Waals surface area contributed by atoms with E-state index in [0.29, 0.717) is 12.1 Å². The Hall–Kier alpha value is -1.38. The summed E-state index contributed by atoms with van der Waals surface area (Å²) in [5.41, 5.74) is 0.318. The van der Waals surface area contributed by atoms with Crippen molar-refractivity contribution in [3.63, 3.8) is 0 Å². The highest BCUT2D eigenvalue weighted by Gasteiger charge is 1.90. The zero-order chi connectivity index (χ0) is 7.40. The largest absolute Gasteiger partial charge is 0.411 e. The third-order valence-corrected chi connectivity index (χ3v) is 1.03. The summed E-state index contributed by atoms with van der Waals surface area (Å²) in [6.07, 6.45) is 3.43. The molecule has 52 valence electrons. The van der Waals surface area contributed by atoms with Crippen molar-refractivity contribution in [3.05, 3.63) is 41.2 Å². The van der Waals surface area contributed by atoms with Crippen LogP contribution < -0.4 is 5.63 Å². The van der Waals surface area contributed by atoms with Gasteiger partial charge in [-0.1, -0.05) is 6.08 Å². The van der Waals surface area contributed by atoms with E-state index in [9.17, 15) is 4.79 Å². The van der Waals surface area contributed by atoms with Crippen LogP contribution in [0.15, 0.2) is 34.3 Å². The van der Waals surface area contributed by atoms with Crippen LogP contribution >= 0.6 is 0 Å². The summed E-state index contributed by atoms with van der Waals surface area (Å²) in [4.78, 5) is 14.3. The van der Waals surface area contributed by atoms with Crippen molar-refractivity contribution in [2.75, 3.05) is 0 Å². The Kier molecular flexibility index (Phi) is 1.99. The second-order valence-electron chi connectivity index (χ2n) is 1.80. The second-order valence-corrected chi connectivity index (χ2v) is 1.80. The van der Waals surface area contributed by atoms with Crippen LogP contribution in [-0.4, -0.2) is 4.98 Å². The fraction of sp³-hybridized carbons (Fsp3) is 0.143. The lowest BCUT2D eigenvalue weighted by Gasteiger charge is -1.89. The van der Waals surface area contributed by atoms with Gasteiger partial charge in [0.2, 0.25) is 0 Å². The Morgan fingerprint density at radius 3 is 3.20 bits per heavy atom. The smallest absolute Gasteiger partial charge is 0.338 e. The highest BCUT2D eigenvalue weighted by molar-refractivity contribution is 5.00. The van der Waals surface area contributed by atoms with E-state index in [1.54, 1.807) is 6.08 Å². The lowest BCUT2D eigenvalue weighted by molar-refractivity contribution is 0.486. The molecule has 0 aliphatic heterocycles. The van der Waals surface area contributed by atoms with Crippen LogP contribution in [0, 0.1) is 0 Å². The summed E-state index contributed by atoms with van der Waals surface area (Å²) in [5, 5.41) is 0. The van der Waals surface area contributed by atoms with E-state index in [2.05, 4.69) is 16.0 Å². The Balaban J connectivity index is 2.95. The molecule has 0 unspecified atom stereocenters. The van der Waals surface area contributed by atoms with Crippen LogP contribution in [0.3, 0.4) is 0 Å². The number of aromatic nitrogens is 1. The van der Waals surface area contributed by atoms with Gasteiger partial charge in [-0.3, -0.25) is 0 Å². The lowest BCUT2D eigenvalue weighted by Crippen LogP contribution is -1.99. The van der Waals surface area contributed by atoms with Gasteiger partial charge in [0.15, 0.2) is 6.39 Å². The average Bonchev–Trinajstić information content (AvgIpc) is 1.88. The van der Waals surface area contributed by atoms with Crippen molar-refractivity contribution in [1.29, 1.82) is 0 Å². The van der Waals surface area contributed by atoms with Crippen LogP contribution in [0.4, 0.5) is 0 Å². The number of rotatable bonds is 2. The van der Waals surface area contributed by atoms with Gasteiger partial charge in [-0.25, -0.2) is 9.78 Å². The van der Waals surface area contributed by atoms with E-state index >= 15 is 0 Å². The second kappa shape index (κ2) is 2.96. The van der Waals surface area contributed by atoms with Crippen LogP contribution in [0.1, 0.15) is 5.69 Å². The number of hydrogen-bond acceptors (Lipinski definition) is 3. The van der Waals surface area contributed by atoms with Crippen molar-refractivity contribution in [3.8, 4) is 0 Å². The maximum Gasteiger partial charge on any atom is 0.338 e. The fourth-order valence-corrected chi connectivity index (χ4v) is 0.613. The Labute approximate surface area is 58.0 Å². The molecule has 0 spiro atoms. The van der Waals surface area contributed by atoms with Gasteiger partial charge in [0.05, 0.1) is 5.69 Å². The molecule has 0 saturated carbocycles. The molecule has 3 nitrogen and oxygen atoms in total. The van der Waals surface area contributed by atoms with Crippen LogP contribution in [0.5, 0.6) is 0 Å². The zero-order valence-corrected chi connectivity index (χ0v) is 5.41. The first-order chi connectivity index (χ1) is 4.83. The summed E-state index contributed by atoms with van der Waals surface area (Å²) in [5.74, 6) is 0. The molecule has 0 aliphatic rings. The van der Waals surface area contributed by atoms with Crippen LogP contribution in [0.2, 0.25) is 0 Å². The molecule has 0 atom stereocenters. The first-order valence-electron chi connectivity index (χ1n) is 2.87. The van der Waals surface area contributed by atoms with Gasteiger partial charge in [0.25, 0.3) is 0 Å². The number of allylic oxidation sites excluding steroid dienone is 1. The third-order valence-electron chi connectivity index (χ3n) is 1.03.